The lowest BCUT2D eigenvalue weighted by Gasteiger charge is -2.24. The Labute approximate surface area is 195 Å². The molecule has 1 aromatic heterocycles. The van der Waals surface area contributed by atoms with Crippen molar-refractivity contribution in [3.05, 3.63) is 58.9 Å². The van der Waals surface area contributed by atoms with E-state index in [1.807, 2.05) is 6.92 Å². The van der Waals surface area contributed by atoms with Gasteiger partial charge < -0.3 is 5.32 Å². The summed E-state index contributed by atoms with van der Waals surface area (Å²) in [5, 5.41) is 3.18. The second kappa shape index (κ2) is 8.38. The largest absolute Gasteiger partial charge is 0.358 e. The van der Waals surface area contributed by atoms with Crippen LogP contribution in [0.2, 0.25) is 0 Å². The van der Waals surface area contributed by atoms with E-state index < -0.39 is 16.4 Å². The lowest BCUT2D eigenvalue weighted by Crippen LogP contribution is -2.37. The molecule has 2 fully saturated rings. The first-order chi connectivity index (χ1) is 15.9. The molecule has 3 atom stereocenters. The highest BCUT2D eigenvalue weighted by Crippen LogP contribution is 2.60. The van der Waals surface area contributed by atoms with Gasteiger partial charge in [0.05, 0.1) is 18.4 Å². The lowest BCUT2D eigenvalue weighted by molar-refractivity contribution is -0.121. The van der Waals surface area contributed by atoms with Gasteiger partial charge in [0.25, 0.3) is 0 Å². The number of benzene rings is 1. The molecular weight excluding hydrogens is 442 g/mol. The van der Waals surface area contributed by atoms with Gasteiger partial charge in [-0.1, -0.05) is 23.7 Å². The predicted molar refractivity (Wildman–Crippen MR) is 126 cm³/mol. The fraction of sp³-hybridized carbons (Fsp3) is 0.360. The first-order valence-electron chi connectivity index (χ1n) is 10.9. The van der Waals surface area contributed by atoms with Crippen molar-refractivity contribution in [3.8, 4) is 11.8 Å². The number of rotatable bonds is 4. The van der Waals surface area contributed by atoms with Crippen molar-refractivity contribution in [2.45, 2.75) is 37.0 Å². The third-order valence-corrected chi connectivity index (χ3v) is 7.69. The monoisotopic (exact) mass is 464 g/mol. The second-order valence-corrected chi connectivity index (χ2v) is 9.94. The van der Waals surface area contributed by atoms with Crippen molar-refractivity contribution in [1.29, 1.82) is 0 Å². The molecule has 168 valence electrons. The number of nitrogens with one attached hydrogen (secondary N) is 1. The number of thioether (sulfide) groups is 1. The zero-order valence-corrected chi connectivity index (χ0v) is 19.0. The minimum atomic E-state index is -0.603. The van der Waals surface area contributed by atoms with E-state index in [-0.39, 0.29) is 29.1 Å². The molecule has 5 nitrogen and oxygen atoms in total. The number of fused-ring (bicyclic) bond motifs is 1. The first-order valence-corrected chi connectivity index (χ1v) is 11.7. The quantitative estimate of drug-likeness (QED) is 0.688. The molecule has 0 saturated heterocycles. The Balaban J connectivity index is 1.39. The third-order valence-electron chi connectivity index (χ3n) is 6.15. The SMILES string of the molecule is CNC(=O)C12CC1C(C)N=C(c1cc(C=C(F)c3cnc(C#CC4CC4)cn3)ccc1F)S2. The summed E-state index contributed by atoms with van der Waals surface area (Å²) >= 11 is 1.30. The van der Waals surface area contributed by atoms with Gasteiger partial charge in [-0.2, -0.15) is 0 Å². The lowest BCUT2D eigenvalue weighted by atomic mass is 10.1. The van der Waals surface area contributed by atoms with Gasteiger partial charge in [-0.25, -0.2) is 18.7 Å². The molecule has 2 saturated carbocycles. The van der Waals surface area contributed by atoms with Gasteiger partial charge in [-0.15, -0.1) is 0 Å². The summed E-state index contributed by atoms with van der Waals surface area (Å²) in [6, 6.07) is 4.24. The normalized spacial score (nSPS) is 25.9. The Hall–Kier alpha value is -3.05. The standard InChI is InChI=1S/C25H22F2N4OS/c1-14-19-11-25(19,24(32)28-2)33-23(31-14)18-9-16(6-8-20(18)26)10-21(27)22-13-29-17(12-30-22)7-5-15-3-4-15/h6,8-10,12-15,19H,3-4,11H2,1-2H3,(H,28,32). The Morgan fingerprint density at radius 2 is 2.12 bits per heavy atom. The Bertz CT molecular complexity index is 1240. The number of carbonyl (C=O) groups is 1. The van der Waals surface area contributed by atoms with Crippen molar-refractivity contribution in [2.75, 3.05) is 7.05 Å². The van der Waals surface area contributed by atoms with E-state index in [1.165, 1.54) is 42.4 Å². The molecule has 2 aliphatic carbocycles. The molecule has 2 heterocycles. The van der Waals surface area contributed by atoms with Crippen LogP contribution in [0.1, 0.15) is 48.7 Å². The summed E-state index contributed by atoms with van der Waals surface area (Å²) in [6.07, 6.45) is 7.03. The molecule has 0 spiro atoms. The van der Waals surface area contributed by atoms with Crippen LogP contribution in [0.5, 0.6) is 0 Å². The number of aliphatic imine (C=N–C) groups is 1. The van der Waals surface area contributed by atoms with Crippen LogP contribution >= 0.6 is 11.8 Å². The van der Waals surface area contributed by atoms with Crippen molar-refractivity contribution >= 4 is 34.6 Å². The Morgan fingerprint density at radius 1 is 1.30 bits per heavy atom. The van der Waals surface area contributed by atoms with Crippen LogP contribution in [0.15, 0.2) is 35.6 Å². The van der Waals surface area contributed by atoms with Crippen LogP contribution < -0.4 is 5.32 Å². The van der Waals surface area contributed by atoms with Crippen LogP contribution in [0, 0.1) is 29.5 Å². The molecule has 3 unspecified atom stereocenters. The summed E-state index contributed by atoms with van der Waals surface area (Å²) < 4.78 is 29.0. The predicted octanol–water partition coefficient (Wildman–Crippen LogP) is 4.23. The minimum Gasteiger partial charge on any atom is -0.358 e. The molecule has 2 aromatic rings. The van der Waals surface area contributed by atoms with Gasteiger partial charge in [-0.3, -0.25) is 9.79 Å². The molecular formula is C25H22F2N4OS. The Kier molecular flexibility index (Phi) is 5.53. The summed E-state index contributed by atoms with van der Waals surface area (Å²) in [6.45, 7) is 1.94. The highest BCUT2D eigenvalue weighted by Gasteiger charge is 2.65. The van der Waals surface area contributed by atoms with Gasteiger partial charge in [0, 0.05) is 24.4 Å². The minimum absolute atomic E-state index is 0.0666. The van der Waals surface area contributed by atoms with Crippen LogP contribution in [0.25, 0.3) is 11.9 Å². The van der Waals surface area contributed by atoms with E-state index >= 15 is 0 Å². The van der Waals surface area contributed by atoms with Gasteiger partial charge in [0.1, 0.15) is 27.0 Å². The van der Waals surface area contributed by atoms with Crippen LogP contribution in [-0.4, -0.2) is 38.8 Å². The second-order valence-electron chi connectivity index (χ2n) is 8.62. The van der Waals surface area contributed by atoms with Crippen molar-refractivity contribution < 1.29 is 13.6 Å². The zero-order chi connectivity index (χ0) is 23.2. The Morgan fingerprint density at radius 3 is 2.82 bits per heavy atom. The maximum atomic E-state index is 14.8. The van der Waals surface area contributed by atoms with Crippen LogP contribution in [-0.2, 0) is 4.79 Å². The summed E-state index contributed by atoms with van der Waals surface area (Å²) in [5.41, 5.74) is 1.31. The van der Waals surface area contributed by atoms with Gasteiger partial charge in [0.15, 0.2) is 5.83 Å². The van der Waals surface area contributed by atoms with E-state index in [2.05, 4.69) is 32.1 Å². The molecule has 8 heteroatoms. The number of amides is 1. The average Bonchev–Trinajstić information content (AvgIpc) is 3.73. The number of aromatic nitrogens is 2. The zero-order valence-electron chi connectivity index (χ0n) is 18.2. The van der Waals surface area contributed by atoms with Crippen LogP contribution in [0.3, 0.4) is 0 Å². The molecule has 1 aliphatic heterocycles. The average molecular weight is 465 g/mol. The highest BCUT2D eigenvalue weighted by molar-refractivity contribution is 8.16. The summed E-state index contributed by atoms with van der Waals surface area (Å²) in [7, 11) is 1.60. The molecule has 3 aliphatic rings. The number of hydrogen-bond donors (Lipinski definition) is 1. The van der Waals surface area contributed by atoms with Crippen LogP contribution in [0.4, 0.5) is 8.78 Å². The van der Waals surface area contributed by atoms with Crippen molar-refractivity contribution in [2.24, 2.45) is 16.8 Å². The van der Waals surface area contributed by atoms with Gasteiger partial charge in [-0.05, 0) is 55.9 Å². The number of halogens is 2. The smallest absolute Gasteiger partial charge is 0.236 e. The molecule has 5 rings (SSSR count). The highest BCUT2D eigenvalue weighted by atomic mass is 32.2. The van der Waals surface area contributed by atoms with E-state index in [0.29, 0.717) is 28.6 Å². The van der Waals surface area contributed by atoms with Crippen molar-refractivity contribution in [1.82, 2.24) is 15.3 Å². The maximum absolute atomic E-state index is 14.8. The number of hydrogen-bond acceptors (Lipinski definition) is 5. The third kappa shape index (κ3) is 4.30. The van der Waals surface area contributed by atoms with Gasteiger partial charge in [0.2, 0.25) is 5.91 Å². The number of carbonyl (C=O) groups excluding carboxylic acids is 1. The van der Waals surface area contributed by atoms with E-state index in [0.717, 1.165) is 12.8 Å². The molecule has 1 aromatic carbocycles. The summed E-state index contributed by atoms with van der Waals surface area (Å²) in [4.78, 5) is 25.4. The van der Waals surface area contributed by atoms with E-state index in [4.69, 9.17) is 0 Å². The van der Waals surface area contributed by atoms with Gasteiger partial charge >= 0.3 is 0 Å². The maximum Gasteiger partial charge on any atom is 0.236 e. The topological polar surface area (TPSA) is 67.2 Å². The molecule has 33 heavy (non-hydrogen) atoms. The molecule has 1 amide bonds. The molecule has 0 radical (unpaired) electrons. The fourth-order valence-corrected chi connectivity index (χ4v) is 5.64. The fourth-order valence-electron chi connectivity index (χ4n) is 4.00. The van der Waals surface area contributed by atoms with E-state index in [9.17, 15) is 13.6 Å². The number of nitrogens with zero attached hydrogens (tertiary/aromatic N) is 3. The van der Waals surface area contributed by atoms with Crippen molar-refractivity contribution in [3.63, 3.8) is 0 Å². The summed E-state index contributed by atoms with van der Waals surface area (Å²) in [5.74, 6) is 5.51. The molecule has 0 bridgehead atoms. The molecule has 1 N–H and O–H groups in total. The first kappa shape index (κ1) is 21.8. The van der Waals surface area contributed by atoms with E-state index in [1.54, 1.807) is 13.1 Å².